The first-order chi connectivity index (χ1) is 5.78. The number of hydrogen-bond acceptors (Lipinski definition) is 4. The second-order valence-electron chi connectivity index (χ2n) is 2.11. The molecular weight excluding hydrogens is 228 g/mol. The smallest absolute Gasteiger partial charge is 0.214 e. The van der Waals surface area contributed by atoms with E-state index in [0.29, 0.717) is 18.2 Å². The van der Waals surface area contributed by atoms with Gasteiger partial charge in [0.2, 0.25) is 6.29 Å². The van der Waals surface area contributed by atoms with Crippen LogP contribution in [0.5, 0.6) is 0 Å². The van der Waals surface area contributed by atoms with Crippen LogP contribution in [0.1, 0.15) is 0 Å². The van der Waals surface area contributed by atoms with Crippen LogP contribution < -0.4 is 0 Å². The first-order valence-electron chi connectivity index (χ1n) is 3.47. The van der Waals surface area contributed by atoms with Crippen LogP contribution in [0.2, 0.25) is 0 Å². The maximum Gasteiger partial charge on any atom is 0.214 e. The van der Waals surface area contributed by atoms with Crippen molar-refractivity contribution in [1.82, 2.24) is 0 Å². The van der Waals surface area contributed by atoms with Gasteiger partial charge in [-0.25, -0.2) is 0 Å². The summed E-state index contributed by atoms with van der Waals surface area (Å²) in [6.45, 7) is 0.430. The van der Waals surface area contributed by atoms with Gasteiger partial charge in [0, 0.05) is 19.5 Å². The van der Waals surface area contributed by atoms with Gasteiger partial charge in [0.05, 0.1) is 12.7 Å². The topological polar surface area (TPSA) is 44.8 Å². The molecule has 72 valence electrons. The largest absolute Gasteiger partial charge is 0.382 e. The van der Waals surface area contributed by atoms with E-state index in [9.17, 15) is 4.79 Å². The number of alkyl halides is 1. The van der Waals surface area contributed by atoms with Crippen LogP contribution in [0, 0.1) is 0 Å². The summed E-state index contributed by atoms with van der Waals surface area (Å²) in [5.41, 5.74) is 0. The number of halogens is 1. The maximum atomic E-state index is 10.3. The van der Waals surface area contributed by atoms with E-state index in [1.807, 2.05) is 0 Å². The quantitative estimate of drug-likeness (QED) is 0.371. The molecule has 0 fully saturated rings. The molecule has 1 unspecified atom stereocenters. The number of ether oxygens (including phenoxy) is 3. The Balaban J connectivity index is 3.73. The first kappa shape index (κ1) is 12.0. The highest BCUT2D eigenvalue weighted by Gasteiger charge is 2.13. The number of rotatable bonds is 7. The van der Waals surface area contributed by atoms with Gasteiger partial charge in [-0.05, 0) is 0 Å². The zero-order chi connectivity index (χ0) is 9.40. The van der Waals surface area contributed by atoms with Gasteiger partial charge in [0.25, 0.3) is 0 Å². The molecule has 0 aromatic heterocycles. The predicted molar refractivity (Wildman–Crippen MR) is 47.4 cm³/mol. The Kier molecular flexibility index (Phi) is 7.69. The van der Waals surface area contributed by atoms with Gasteiger partial charge in [0.15, 0.2) is 6.29 Å². The summed E-state index contributed by atoms with van der Waals surface area (Å²) in [5, 5.41) is 0.606. The molecule has 4 nitrogen and oxygen atoms in total. The van der Waals surface area contributed by atoms with Crippen molar-refractivity contribution in [1.29, 1.82) is 0 Å². The van der Waals surface area contributed by atoms with E-state index >= 15 is 0 Å². The molecular formula is C7H13BrO4. The fraction of sp³-hybridized carbons (Fsp3) is 0.857. The lowest BCUT2D eigenvalue weighted by atomic mass is 10.4. The Hall–Kier alpha value is 0.0300. The summed E-state index contributed by atoms with van der Waals surface area (Å²) >= 11 is 3.23. The van der Waals surface area contributed by atoms with E-state index in [1.165, 1.54) is 7.11 Å². The highest BCUT2D eigenvalue weighted by molar-refractivity contribution is 9.09. The number of carbonyl (C=O) groups excluding carboxylic acids is 1. The normalized spacial score (nSPS) is 15.6. The molecule has 5 heteroatoms. The van der Waals surface area contributed by atoms with Gasteiger partial charge < -0.3 is 14.2 Å². The highest BCUT2D eigenvalue weighted by atomic mass is 79.9. The molecule has 0 N–H and O–H groups in total. The van der Waals surface area contributed by atoms with Gasteiger partial charge in [-0.3, -0.25) is 4.79 Å². The molecule has 0 aliphatic rings. The van der Waals surface area contributed by atoms with Crippen molar-refractivity contribution < 1.29 is 19.0 Å². The number of hydrogen-bond donors (Lipinski definition) is 0. The lowest BCUT2D eigenvalue weighted by Crippen LogP contribution is -2.29. The molecule has 0 saturated carbocycles. The van der Waals surface area contributed by atoms with Crippen molar-refractivity contribution >= 4 is 22.2 Å². The Labute approximate surface area is 80.3 Å². The van der Waals surface area contributed by atoms with E-state index < -0.39 is 6.29 Å². The zero-order valence-electron chi connectivity index (χ0n) is 7.16. The molecule has 12 heavy (non-hydrogen) atoms. The van der Waals surface area contributed by atoms with Crippen LogP contribution >= 0.6 is 15.9 Å². The minimum Gasteiger partial charge on any atom is -0.382 e. The van der Waals surface area contributed by atoms with Gasteiger partial charge in [-0.1, -0.05) is 15.9 Å². The van der Waals surface area contributed by atoms with Crippen molar-refractivity contribution in [2.75, 3.05) is 26.2 Å². The number of methoxy groups -OCH3 is 2. The lowest BCUT2D eigenvalue weighted by molar-refractivity contribution is -0.166. The summed E-state index contributed by atoms with van der Waals surface area (Å²) in [6, 6.07) is 0. The molecule has 0 spiro atoms. The third kappa shape index (κ3) is 4.82. The van der Waals surface area contributed by atoms with Crippen molar-refractivity contribution in [2.45, 2.75) is 12.4 Å². The zero-order valence-corrected chi connectivity index (χ0v) is 8.74. The molecule has 0 aromatic carbocycles. The van der Waals surface area contributed by atoms with Crippen molar-refractivity contribution in [3.63, 3.8) is 0 Å². The molecule has 0 aromatic rings. The van der Waals surface area contributed by atoms with E-state index in [0.717, 1.165) is 0 Å². The number of aldehydes is 1. The third-order valence-corrected chi connectivity index (χ3v) is 1.92. The van der Waals surface area contributed by atoms with Crippen molar-refractivity contribution in [3.05, 3.63) is 0 Å². The monoisotopic (exact) mass is 240 g/mol. The van der Waals surface area contributed by atoms with E-state index in [1.54, 1.807) is 7.11 Å². The SMILES string of the molecule is COCC(CBr)O[C@@H](C=O)OC. The van der Waals surface area contributed by atoms with Gasteiger partial charge in [0.1, 0.15) is 0 Å². The molecule has 0 aliphatic heterocycles. The summed E-state index contributed by atoms with van der Waals surface area (Å²) < 4.78 is 14.7. The molecule has 0 bridgehead atoms. The average Bonchev–Trinajstić information content (AvgIpc) is 2.12. The maximum absolute atomic E-state index is 10.3. The Morgan fingerprint density at radius 1 is 1.50 bits per heavy atom. The fourth-order valence-corrected chi connectivity index (χ4v) is 0.978. The summed E-state index contributed by atoms with van der Waals surface area (Å²) in [4.78, 5) is 10.3. The minimum atomic E-state index is -0.803. The highest BCUT2D eigenvalue weighted by Crippen LogP contribution is 2.02. The second kappa shape index (κ2) is 7.67. The molecule has 0 rings (SSSR count). The molecule has 0 heterocycles. The van der Waals surface area contributed by atoms with Gasteiger partial charge >= 0.3 is 0 Å². The molecule has 0 radical (unpaired) electrons. The Morgan fingerprint density at radius 3 is 2.50 bits per heavy atom. The minimum absolute atomic E-state index is 0.162. The molecule has 0 saturated heterocycles. The Bertz CT molecular complexity index is 120. The standard InChI is InChI=1S/C7H13BrO4/c1-10-5-6(3-8)12-7(4-9)11-2/h4,6-7H,3,5H2,1-2H3/t6?,7-/m0/s1. The van der Waals surface area contributed by atoms with Crippen LogP contribution in [0.3, 0.4) is 0 Å². The van der Waals surface area contributed by atoms with Crippen LogP contribution in [0.15, 0.2) is 0 Å². The van der Waals surface area contributed by atoms with Crippen molar-refractivity contribution in [3.8, 4) is 0 Å². The van der Waals surface area contributed by atoms with Gasteiger partial charge in [-0.2, -0.15) is 0 Å². The summed E-state index contributed by atoms with van der Waals surface area (Å²) in [6.07, 6.45) is -0.362. The van der Waals surface area contributed by atoms with Crippen LogP contribution in [-0.4, -0.2) is 44.8 Å². The van der Waals surface area contributed by atoms with E-state index in [4.69, 9.17) is 14.2 Å². The Morgan fingerprint density at radius 2 is 2.17 bits per heavy atom. The number of carbonyl (C=O) groups is 1. The summed E-state index contributed by atoms with van der Waals surface area (Å²) in [7, 11) is 2.99. The van der Waals surface area contributed by atoms with Crippen LogP contribution in [-0.2, 0) is 19.0 Å². The van der Waals surface area contributed by atoms with Gasteiger partial charge in [-0.15, -0.1) is 0 Å². The van der Waals surface area contributed by atoms with Crippen molar-refractivity contribution in [2.24, 2.45) is 0 Å². The van der Waals surface area contributed by atoms with E-state index in [-0.39, 0.29) is 6.10 Å². The van der Waals surface area contributed by atoms with Crippen LogP contribution in [0.25, 0.3) is 0 Å². The van der Waals surface area contributed by atoms with Crippen LogP contribution in [0.4, 0.5) is 0 Å². The molecule has 0 amide bonds. The van der Waals surface area contributed by atoms with E-state index in [2.05, 4.69) is 15.9 Å². The fourth-order valence-electron chi connectivity index (χ4n) is 0.639. The summed E-state index contributed by atoms with van der Waals surface area (Å²) in [5.74, 6) is 0. The predicted octanol–water partition coefficient (Wildman–Crippen LogP) is 0.584. The molecule has 2 atom stereocenters. The second-order valence-corrected chi connectivity index (χ2v) is 2.76. The third-order valence-electron chi connectivity index (χ3n) is 1.19. The average molecular weight is 241 g/mol. The lowest BCUT2D eigenvalue weighted by Gasteiger charge is -2.17. The first-order valence-corrected chi connectivity index (χ1v) is 4.59. The molecule has 0 aliphatic carbocycles.